The first kappa shape index (κ1) is 12.1. The summed E-state index contributed by atoms with van der Waals surface area (Å²) in [5.41, 5.74) is 10.3. The molecule has 0 radical (unpaired) electrons. The Morgan fingerprint density at radius 3 is 2.84 bits per heavy atom. The van der Waals surface area contributed by atoms with Gasteiger partial charge >= 0.3 is 0 Å². The molecule has 0 saturated carbocycles. The van der Waals surface area contributed by atoms with Gasteiger partial charge in [0.15, 0.2) is 0 Å². The summed E-state index contributed by atoms with van der Waals surface area (Å²) in [6.07, 6.45) is 4.66. The average Bonchev–Trinajstić information content (AvgIpc) is 2.86. The van der Waals surface area contributed by atoms with Crippen LogP contribution in [0.25, 0.3) is 16.6 Å². The zero-order valence-electron chi connectivity index (χ0n) is 11.5. The first-order valence-electron chi connectivity index (χ1n) is 6.63. The molecule has 0 bridgehead atoms. The lowest BCUT2D eigenvalue weighted by molar-refractivity contribution is 0.818. The zero-order valence-corrected chi connectivity index (χ0v) is 11.5. The first-order valence-corrected chi connectivity index (χ1v) is 6.63. The van der Waals surface area contributed by atoms with Crippen molar-refractivity contribution in [2.75, 3.05) is 0 Å². The molecule has 98 valence electrons. The summed E-state index contributed by atoms with van der Waals surface area (Å²) in [5.74, 6) is 1.02. The number of imidazole rings is 1. The van der Waals surface area contributed by atoms with Crippen LogP contribution in [0, 0.1) is 6.92 Å². The molecule has 3 rings (SSSR count). The van der Waals surface area contributed by atoms with Gasteiger partial charge in [0, 0.05) is 30.2 Å². The van der Waals surface area contributed by atoms with Gasteiger partial charge < -0.3 is 5.73 Å². The average molecular weight is 254 g/mol. The Kier molecular flexibility index (Phi) is 2.75. The van der Waals surface area contributed by atoms with Crippen LogP contribution in [0.2, 0.25) is 0 Å². The Morgan fingerprint density at radius 1 is 1.37 bits per heavy atom. The van der Waals surface area contributed by atoms with Crippen molar-refractivity contribution in [2.45, 2.75) is 33.2 Å². The van der Waals surface area contributed by atoms with E-state index in [2.05, 4.69) is 35.4 Å². The number of nitrogens with two attached hydrogens (primary N) is 1. The Morgan fingerprint density at radius 2 is 2.16 bits per heavy atom. The maximum Gasteiger partial charge on any atom is 0.147 e. The highest BCUT2D eigenvalue weighted by Gasteiger charge is 2.13. The Bertz CT molecular complexity index is 756. The monoisotopic (exact) mass is 254 g/mol. The smallest absolute Gasteiger partial charge is 0.147 e. The van der Waals surface area contributed by atoms with Crippen molar-refractivity contribution < 1.29 is 0 Å². The number of aromatic nitrogens is 3. The van der Waals surface area contributed by atoms with Crippen LogP contribution in [-0.4, -0.2) is 14.4 Å². The van der Waals surface area contributed by atoms with Gasteiger partial charge in [0.1, 0.15) is 11.5 Å². The number of hydrogen-bond donors (Lipinski definition) is 1. The van der Waals surface area contributed by atoms with E-state index < -0.39 is 0 Å². The van der Waals surface area contributed by atoms with E-state index in [-0.39, 0.29) is 6.04 Å². The van der Waals surface area contributed by atoms with Crippen molar-refractivity contribution >= 4 is 16.6 Å². The number of rotatable bonds is 2. The highest BCUT2D eigenvalue weighted by molar-refractivity contribution is 5.94. The van der Waals surface area contributed by atoms with E-state index in [9.17, 15) is 0 Å². The summed E-state index contributed by atoms with van der Waals surface area (Å²) in [6, 6.07) is 4.23. The minimum absolute atomic E-state index is 0.0305. The van der Waals surface area contributed by atoms with Crippen LogP contribution < -0.4 is 5.73 Å². The molecule has 2 heterocycles. The zero-order chi connectivity index (χ0) is 13.6. The van der Waals surface area contributed by atoms with E-state index in [0.29, 0.717) is 0 Å². The molecule has 0 aliphatic heterocycles. The van der Waals surface area contributed by atoms with Gasteiger partial charge in [-0.1, -0.05) is 13.0 Å². The Hall–Kier alpha value is -1.94. The Balaban J connectivity index is 2.53. The summed E-state index contributed by atoms with van der Waals surface area (Å²) in [7, 11) is 0. The van der Waals surface area contributed by atoms with Crippen LogP contribution in [0.3, 0.4) is 0 Å². The standard InChI is InChI=1S/C15H18N4/c1-4-13-18-14-11(10(3)16)7-9(2)8-12(14)15-17-5-6-19(13)15/h5-8,10H,4,16H2,1-3H3. The van der Waals surface area contributed by atoms with E-state index in [4.69, 9.17) is 10.7 Å². The Labute approximate surface area is 112 Å². The lowest BCUT2D eigenvalue weighted by Crippen LogP contribution is -2.09. The predicted octanol–water partition coefficient (Wildman–Crippen LogP) is 2.77. The molecule has 4 nitrogen and oxygen atoms in total. The van der Waals surface area contributed by atoms with Gasteiger partial charge in [-0.05, 0) is 31.0 Å². The van der Waals surface area contributed by atoms with E-state index >= 15 is 0 Å². The molecule has 1 unspecified atom stereocenters. The fourth-order valence-electron chi connectivity index (χ4n) is 2.59. The maximum absolute atomic E-state index is 6.09. The molecule has 0 fully saturated rings. The molecule has 0 spiro atoms. The SMILES string of the molecule is CCc1nc2c(C(C)N)cc(C)cc2c2nccn12. The second-order valence-corrected chi connectivity index (χ2v) is 5.04. The van der Waals surface area contributed by atoms with Gasteiger partial charge in [0.25, 0.3) is 0 Å². The van der Waals surface area contributed by atoms with Gasteiger partial charge in [-0.25, -0.2) is 9.97 Å². The number of nitrogens with zero attached hydrogens (tertiary/aromatic N) is 3. The first-order chi connectivity index (χ1) is 9.11. The van der Waals surface area contributed by atoms with Crippen LogP contribution >= 0.6 is 0 Å². The van der Waals surface area contributed by atoms with E-state index in [0.717, 1.165) is 34.4 Å². The van der Waals surface area contributed by atoms with E-state index in [1.165, 1.54) is 5.56 Å². The van der Waals surface area contributed by atoms with E-state index in [1.54, 1.807) is 0 Å². The third-order valence-electron chi connectivity index (χ3n) is 3.49. The van der Waals surface area contributed by atoms with Crippen molar-refractivity contribution in [3.8, 4) is 0 Å². The highest BCUT2D eigenvalue weighted by Crippen LogP contribution is 2.27. The summed E-state index contributed by atoms with van der Waals surface area (Å²) in [5, 5.41) is 1.08. The second-order valence-electron chi connectivity index (χ2n) is 5.04. The number of aryl methyl sites for hydroxylation is 2. The molecule has 0 saturated heterocycles. The minimum atomic E-state index is -0.0305. The van der Waals surface area contributed by atoms with Crippen molar-refractivity contribution in [2.24, 2.45) is 5.73 Å². The summed E-state index contributed by atoms with van der Waals surface area (Å²) in [4.78, 5) is 9.28. The van der Waals surface area contributed by atoms with Gasteiger partial charge in [0.2, 0.25) is 0 Å². The van der Waals surface area contributed by atoms with Gasteiger partial charge in [-0.15, -0.1) is 0 Å². The quantitative estimate of drug-likeness (QED) is 0.765. The van der Waals surface area contributed by atoms with Crippen LogP contribution in [0.5, 0.6) is 0 Å². The van der Waals surface area contributed by atoms with Crippen LogP contribution in [0.1, 0.15) is 36.8 Å². The minimum Gasteiger partial charge on any atom is -0.324 e. The lowest BCUT2D eigenvalue weighted by atomic mass is 10.0. The molecular formula is C15H18N4. The maximum atomic E-state index is 6.09. The third kappa shape index (κ3) is 1.79. The molecule has 0 aliphatic carbocycles. The van der Waals surface area contributed by atoms with Gasteiger partial charge in [-0.2, -0.15) is 0 Å². The van der Waals surface area contributed by atoms with Gasteiger partial charge in [0.05, 0.1) is 5.52 Å². The topological polar surface area (TPSA) is 56.2 Å². The largest absolute Gasteiger partial charge is 0.324 e. The molecule has 3 aromatic rings. The molecule has 1 atom stereocenters. The van der Waals surface area contributed by atoms with E-state index in [1.807, 2.05) is 19.3 Å². The summed E-state index contributed by atoms with van der Waals surface area (Å²) in [6.45, 7) is 6.18. The predicted molar refractivity (Wildman–Crippen MR) is 77.2 cm³/mol. The highest BCUT2D eigenvalue weighted by atomic mass is 15.1. The van der Waals surface area contributed by atoms with Crippen molar-refractivity contribution in [1.29, 1.82) is 0 Å². The molecule has 2 N–H and O–H groups in total. The summed E-state index contributed by atoms with van der Waals surface area (Å²) >= 11 is 0. The summed E-state index contributed by atoms with van der Waals surface area (Å²) < 4.78 is 2.06. The lowest BCUT2D eigenvalue weighted by Gasteiger charge is -2.13. The molecule has 0 amide bonds. The fourth-order valence-corrected chi connectivity index (χ4v) is 2.59. The molecule has 19 heavy (non-hydrogen) atoms. The molecule has 1 aromatic carbocycles. The molecular weight excluding hydrogens is 236 g/mol. The van der Waals surface area contributed by atoms with Crippen molar-refractivity contribution in [1.82, 2.24) is 14.4 Å². The van der Waals surface area contributed by atoms with Crippen LogP contribution in [0.15, 0.2) is 24.5 Å². The van der Waals surface area contributed by atoms with Crippen molar-refractivity contribution in [3.05, 3.63) is 41.5 Å². The molecule has 0 aliphatic rings. The van der Waals surface area contributed by atoms with Gasteiger partial charge in [-0.3, -0.25) is 4.40 Å². The second kappa shape index (κ2) is 4.31. The van der Waals surface area contributed by atoms with Crippen LogP contribution in [0.4, 0.5) is 0 Å². The fraction of sp³-hybridized carbons (Fsp3) is 0.333. The normalized spacial score (nSPS) is 13.3. The number of hydrogen-bond acceptors (Lipinski definition) is 3. The van der Waals surface area contributed by atoms with Crippen molar-refractivity contribution in [3.63, 3.8) is 0 Å². The van der Waals surface area contributed by atoms with Crippen LogP contribution in [-0.2, 0) is 6.42 Å². The molecule has 2 aromatic heterocycles. The molecule has 4 heteroatoms. The number of benzene rings is 1. The number of fused-ring (bicyclic) bond motifs is 3. The third-order valence-corrected chi connectivity index (χ3v) is 3.49.